The van der Waals surface area contributed by atoms with Gasteiger partial charge in [0.1, 0.15) is 18.0 Å². The molecule has 0 amide bonds. The molecule has 3 atom stereocenters. The molecule has 0 saturated carbocycles. The summed E-state index contributed by atoms with van der Waals surface area (Å²) in [6.07, 6.45) is 7.38. The summed E-state index contributed by atoms with van der Waals surface area (Å²) in [6, 6.07) is 0. The summed E-state index contributed by atoms with van der Waals surface area (Å²) in [7, 11) is 0. The maximum absolute atomic E-state index is 11.6. The third kappa shape index (κ3) is 4.29. The number of carboxylic acid groups (broad SMARTS) is 1. The predicted molar refractivity (Wildman–Crippen MR) is 93.5 cm³/mol. The fourth-order valence-electron chi connectivity index (χ4n) is 4.00. The van der Waals surface area contributed by atoms with Gasteiger partial charge in [0.25, 0.3) is 0 Å². The average molecular weight is 333 g/mol. The molecule has 0 saturated heterocycles. The Kier molecular flexibility index (Phi) is 5.92. The minimum atomic E-state index is -0.782. The Balaban J connectivity index is 2.28. The topological polar surface area (TPSA) is 63.6 Å². The van der Waals surface area contributed by atoms with Crippen molar-refractivity contribution in [2.45, 2.75) is 65.9 Å². The molecule has 0 aromatic rings. The van der Waals surface area contributed by atoms with E-state index >= 15 is 0 Å². The van der Waals surface area contributed by atoms with E-state index in [1.165, 1.54) is 5.57 Å². The molecule has 0 radical (unpaired) electrons. The Morgan fingerprint density at radius 1 is 1.33 bits per heavy atom. The second-order valence-corrected chi connectivity index (χ2v) is 7.72. The zero-order chi connectivity index (χ0) is 17.9. The van der Waals surface area contributed by atoms with Gasteiger partial charge in [-0.1, -0.05) is 18.6 Å². The number of carbonyl (C=O) groups is 2. The molecular weight excluding hydrogens is 304 g/mol. The maximum Gasteiger partial charge on any atom is 0.305 e. The first-order valence-electron chi connectivity index (χ1n) is 8.75. The molecule has 24 heavy (non-hydrogen) atoms. The van der Waals surface area contributed by atoms with Crippen LogP contribution in [0.1, 0.15) is 59.8 Å². The number of ketones is 1. The van der Waals surface area contributed by atoms with Crippen LogP contribution in [0.4, 0.5) is 0 Å². The van der Waals surface area contributed by atoms with Crippen LogP contribution in [0.3, 0.4) is 0 Å². The van der Waals surface area contributed by atoms with E-state index in [0.29, 0.717) is 13.0 Å². The number of carbonyl (C=O) groups excluding carboxylic acids is 1. The molecule has 1 heterocycles. The lowest BCUT2D eigenvalue weighted by molar-refractivity contribution is -0.139. The van der Waals surface area contributed by atoms with E-state index in [2.05, 4.69) is 33.3 Å². The van der Waals surface area contributed by atoms with Crippen molar-refractivity contribution in [1.29, 1.82) is 0 Å². The highest BCUT2D eigenvalue weighted by molar-refractivity contribution is 5.77. The van der Waals surface area contributed by atoms with Gasteiger partial charge in [0.2, 0.25) is 0 Å². The number of Topliss-reactive ketones (excluding diaryl/α,β-unsaturated/α-hetero) is 1. The van der Waals surface area contributed by atoms with Crippen molar-refractivity contribution in [1.82, 2.24) is 0 Å². The SMILES string of the molecule is CC(=O)C[C@H]1OCC2=C1[C@@H](CC(=O)O)[C@](C)(CCC=C(C)C)C[CH+]2. The van der Waals surface area contributed by atoms with Crippen molar-refractivity contribution in [2.75, 3.05) is 6.61 Å². The molecular formula is C20H29O4+. The zero-order valence-corrected chi connectivity index (χ0v) is 15.2. The van der Waals surface area contributed by atoms with E-state index in [1.54, 1.807) is 6.92 Å². The van der Waals surface area contributed by atoms with Crippen molar-refractivity contribution >= 4 is 11.8 Å². The van der Waals surface area contributed by atoms with Crippen molar-refractivity contribution in [3.63, 3.8) is 0 Å². The van der Waals surface area contributed by atoms with Crippen LogP contribution in [-0.4, -0.2) is 29.6 Å². The van der Waals surface area contributed by atoms with Crippen molar-refractivity contribution in [3.05, 3.63) is 29.2 Å². The van der Waals surface area contributed by atoms with Gasteiger partial charge >= 0.3 is 5.97 Å². The molecule has 1 N–H and O–H groups in total. The van der Waals surface area contributed by atoms with Crippen LogP contribution >= 0.6 is 0 Å². The Labute approximate surface area is 145 Å². The van der Waals surface area contributed by atoms with Gasteiger partial charge in [-0.3, -0.25) is 9.59 Å². The number of rotatable bonds is 7. The monoisotopic (exact) mass is 333 g/mol. The number of ether oxygens (including phenoxy) is 1. The lowest BCUT2D eigenvalue weighted by atomic mass is 9.61. The minimum Gasteiger partial charge on any atom is -0.481 e. The first kappa shape index (κ1) is 18.8. The molecule has 0 unspecified atom stereocenters. The number of hydrogen-bond donors (Lipinski definition) is 1. The van der Waals surface area contributed by atoms with Crippen molar-refractivity contribution < 1.29 is 19.4 Å². The van der Waals surface area contributed by atoms with Crippen LogP contribution in [0.25, 0.3) is 0 Å². The maximum atomic E-state index is 11.6. The molecule has 2 rings (SSSR count). The van der Waals surface area contributed by atoms with Gasteiger partial charge in [0.05, 0.1) is 24.3 Å². The van der Waals surface area contributed by atoms with Gasteiger partial charge in [-0.05, 0) is 33.6 Å². The second kappa shape index (κ2) is 7.56. The summed E-state index contributed by atoms with van der Waals surface area (Å²) in [4.78, 5) is 23.1. The van der Waals surface area contributed by atoms with E-state index in [0.717, 1.165) is 30.4 Å². The van der Waals surface area contributed by atoms with Crippen LogP contribution in [0.5, 0.6) is 0 Å². The molecule has 0 fully saturated rings. The highest BCUT2D eigenvalue weighted by Crippen LogP contribution is 2.52. The summed E-state index contributed by atoms with van der Waals surface area (Å²) >= 11 is 0. The van der Waals surface area contributed by atoms with E-state index in [9.17, 15) is 14.7 Å². The first-order valence-corrected chi connectivity index (χ1v) is 8.75. The van der Waals surface area contributed by atoms with E-state index < -0.39 is 5.97 Å². The highest BCUT2D eigenvalue weighted by atomic mass is 16.5. The summed E-state index contributed by atoms with van der Waals surface area (Å²) in [5, 5.41) is 9.45. The molecule has 2 aliphatic rings. The van der Waals surface area contributed by atoms with E-state index in [1.807, 2.05) is 0 Å². The summed E-state index contributed by atoms with van der Waals surface area (Å²) in [5.74, 6) is -0.761. The standard InChI is InChI=1S/C20H28O4/c1-13(2)6-5-8-20(4)9-7-15-12-24-17(10-14(3)21)19(15)16(20)11-18(22)23/h6-7,16-17H,5,8-12H2,1-4H3/p+1/t16-,17-,20-/m1/s1. The number of hydrogen-bond acceptors (Lipinski definition) is 3. The third-order valence-corrected chi connectivity index (χ3v) is 5.31. The molecule has 1 aliphatic heterocycles. The quantitative estimate of drug-likeness (QED) is 0.562. The van der Waals surface area contributed by atoms with Gasteiger partial charge in [-0.2, -0.15) is 0 Å². The number of carboxylic acids is 1. The Morgan fingerprint density at radius 3 is 2.62 bits per heavy atom. The van der Waals surface area contributed by atoms with Crippen LogP contribution in [-0.2, 0) is 14.3 Å². The minimum absolute atomic E-state index is 0.0626. The third-order valence-electron chi connectivity index (χ3n) is 5.31. The van der Waals surface area contributed by atoms with Crippen molar-refractivity contribution in [2.24, 2.45) is 11.3 Å². The van der Waals surface area contributed by atoms with E-state index in [-0.39, 0.29) is 29.6 Å². The van der Waals surface area contributed by atoms with Gasteiger partial charge in [-0.25, -0.2) is 0 Å². The van der Waals surface area contributed by atoms with Crippen LogP contribution < -0.4 is 0 Å². The highest BCUT2D eigenvalue weighted by Gasteiger charge is 2.52. The van der Waals surface area contributed by atoms with Crippen molar-refractivity contribution in [3.8, 4) is 0 Å². The second-order valence-electron chi connectivity index (χ2n) is 7.72. The van der Waals surface area contributed by atoms with Gasteiger partial charge in [0.15, 0.2) is 6.10 Å². The van der Waals surface area contributed by atoms with Crippen LogP contribution in [0, 0.1) is 17.8 Å². The lowest BCUT2D eigenvalue weighted by Crippen LogP contribution is -2.37. The molecule has 0 spiro atoms. The van der Waals surface area contributed by atoms with Gasteiger partial charge in [0, 0.05) is 18.3 Å². The zero-order valence-electron chi connectivity index (χ0n) is 15.2. The van der Waals surface area contributed by atoms with Gasteiger partial charge in [-0.15, -0.1) is 0 Å². The smallest absolute Gasteiger partial charge is 0.305 e. The Bertz CT molecular complexity index is 568. The van der Waals surface area contributed by atoms with Crippen LogP contribution in [0.15, 0.2) is 22.8 Å². The fourth-order valence-corrected chi connectivity index (χ4v) is 4.00. The summed E-state index contributed by atoms with van der Waals surface area (Å²) < 4.78 is 5.83. The molecule has 4 nitrogen and oxygen atoms in total. The normalized spacial score (nSPS) is 29.0. The fraction of sp³-hybridized carbons (Fsp3) is 0.650. The average Bonchev–Trinajstić information content (AvgIpc) is 2.84. The largest absolute Gasteiger partial charge is 0.481 e. The number of allylic oxidation sites excluding steroid dienone is 2. The van der Waals surface area contributed by atoms with E-state index in [4.69, 9.17) is 4.74 Å². The molecule has 0 aromatic carbocycles. The molecule has 0 bridgehead atoms. The molecule has 1 aliphatic carbocycles. The first-order chi connectivity index (χ1) is 11.2. The molecule has 132 valence electrons. The number of aliphatic carboxylic acids is 1. The Morgan fingerprint density at radius 2 is 2.04 bits per heavy atom. The van der Waals surface area contributed by atoms with Gasteiger partial charge < -0.3 is 9.84 Å². The summed E-state index contributed by atoms with van der Waals surface area (Å²) in [5.41, 5.74) is 3.36. The summed E-state index contributed by atoms with van der Waals surface area (Å²) in [6.45, 7) is 8.42. The Hall–Kier alpha value is -1.55. The predicted octanol–water partition coefficient (Wildman–Crippen LogP) is 4.11. The lowest BCUT2D eigenvalue weighted by Gasteiger charge is -2.37. The molecule has 4 heteroatoms. The molecule has 0 aromatic heterocycles. The van der Waals surface area contributed by atoms with Crippen LogP contribution in [0.2, 0.25) is 0 Å².